The molecule has 0 fully saturated rings. The third-order valence-electron chi connectivity index (χ3n) is 5.16. The van der Waals surface area contributed by atoms with Crippen LogP contribution in [0.5, 0.6) is 0 Å². The monoisotopic (exact) mass is 460 g/mol. The highest BCUT2D eigenvalue weighted by Crippen LogP contribution is 2.20. The molecule has 4 aromatic carbocycles. The van der Waals surface area contributed by atoms with Gasteiger partial charge in [0, 0.05) is 11.1 Å². The normalized spacial score (nSPS) is 10.4. The molecule has 0 aromatic heterocycles. The summed E-state index contributed by atoms with van der Waals surface area (Å²) >= 11 is 0. The fourth-order valence-electron chi connectivity index (χ4n) is 3.47. The van der Waals surface area contributed by atoms with Crippen molar-refractivity contribution in [2.24, 2.45) is 0 Å². The molecule has 0 heterocycles. The zero-order valence-corrected chi connectivity index (χ0v) is 18.1. The van der Waals surface area contributed by atoms with Crippen molar-refractivity contribution in [3.05, 3.63) is 118 Å². The van der Waals surface area contributed by atoms with Gasteiger partial charge in [0.25, 0.3) is 0 Å². The quantitative estimate of drug-likeness (QED) is 0.218. The van der Waals surface area contributed by atoms with E-state index in [1.54, 1.807) is 18.2 Å². The first-order valence-electron chi connectivity index (χ1n) is 10.5. The number of fused-ring (bicyclic) bond motifs is 1. The maximum Gasteiger partial charge on any atom is 0.159 e. The van der Waals surface area contributed by atoms with E-state index in [4.69, 9.17) is 0 Å². The van der Waals surface area contributed by atoms with Gasteiger partial charge in [-0.3, -0.25) is 0 Å². The molecule has 0 nitrogen and oxygen atoms in total. The highest BCUT2D eigenvalue weighted by molar-refractivity contribution is 5.84. The van der Waals surface area contributed by atoms with E-state index in [9.17, 15) is 22.0 Å². The minimum Gasteiger partial charge on any atom is -0.206 e. The molecule has 0 radical (unpaired) electrons. The van der Waals surface area contributed by atoms with Gasteiger partial charge in [0.05, 0.1) is 11.1 Å². The molecule has 4 rings (SSSR count). The molecule has 0 saturated heterocycles. The lowest BCUT2D eigenvalue weighted by Crippen LogP contribution is -1.95. The Bertz CT molecular complexity index is 1500. The predicted octanol–water partition coefficient (Wildman–Crippen LogP) is 7.29. The van der Waals surface area contributed by atoms with E-state index in [2.05, 4.69) is 23.7 Å². The highest BCUT2D eigenvalue weighted by atomic mass is 19.2. The summed E-state index contributed by atoms with van der Waals surface area (Å²) < 4.78 is 69.7. The SMILES string of the molecule is CCCc1cc(F)c(C#Cc2ccc(C#Cc3ccc4cc(F)c(F)cc4c3)c(F)c2)c(F)c1. The Morgan fingerprint density at radius 2 is 1.18 bits per heavy atom. The van der Waals surface area contributed by atoms with Gasteiger partial charge in [0.1, 0.15) is 17.5 Å². The number of aryl methyl sites for hydroxylation is 1. The number of rotatable bonds is 2. The van der Waals surface area contributed by atoms with Crippen molar-refractivity contribution >= 4 is 10.8 Å². The summed E-state index contributed by atoms with van der Waals surface area (Å²) in [5.74, 6) is 6.46. The lowest BCUT2D eigenvalue weighted by atomic mass is 10.1. The van der Waals surface area contributed by atoms with Crippen LogP contribution in [0, 0.1) is 52.8 Å². The van der Waals surface area contributed by atoms with Crippen molar-refractivity contribution in [2.45, 2.75) is 19.8 Å². The first-order valence-corrected chi connectivity index (χ1v) is 10.5. The van der Waals surface area contributed by atoms with Gasteiger partial charge >= 0.3 is 0 Å². The highest BCUT2D eigenvalue weighted by Gasteiger charge is 2.09. The molecule has 0 aliphatic rings. The minimum absolute atomic E-state index is 0.0946. The Morgan fingerprint density at radius 1 is 0.559 bits per heavy atom. The Hall–Kier alpha value is -4.09. The van der Waals surface area contributed by atoms with E-state index >= 15 is 0 Å². The van der Waals surface area contributed by atoms with Crippen LogP contribution >= 0.6 is 0 Å². The van der Waals surface area contributed by atoms with E-state index in [0.29, 0.717) is 28.3 Å². The maximum atomic E-state index is 14.5. The van der Waals surface area contributed by atoms with Crippen molar-refractivity contribution in [3.8, 4) is 23.7 Å². The molecule has 0 aliphatic carbocycles. The van der Waals surface area contributed by atoms with Crippen molar-refractivity contribution < 1.29 is 22.0 Å². The van der Waals surface area contributed by atoms with Crippen LogP contribution in [0.1, 0.15) is 41.2 Å². The molecule has 168 valence electrons. The Morgan fingerprint density at radius 3 is 1.85 bits per heavy atom. The second-order valence-electron chi connectivity index (χ2n) is 7.71. The Labute approximate surface area is 194 Å². The van der Waals surface area contributed by atoms with Crippen LogP contribution in [-0.4, -0.2) is 0 Å². The lowest BCUT2D eigenvalue weighted by molar-refractivity contribution is 0.511. The van der Waals surface area contributed by atoms with Gasteiger partial charge in [0.2, 0.25) is 0 Å². The number of hydrogen-bond donors (Lipinski definition) is 0. The Kier molecular flexibility index (Phi) is 6.66. The molecule has 0 amide bonds. The minimum atomic E-state index is -0.961. The summed E-state index contributed by atoms with van der Waals surface area (Å²) in [4.78, 5) is 0. The fraction of sp³-hybridized carbons (Fsp3) is 0.103. The molecular formula is C29H17F5. The summed E-state index contributed by atoms with van der Waals surface area (Å²) in [6, 6.07) is 13.5. The van der Waals surface area contributed by atoms with Gasteiger partial charge in [-0.25, -0.2) is 22.0 Å². The molecule has 0 saturated carbocycles. The molecule has 4 aromatic rings. The molecule has 0 bridgehead atoms. The van der Waals surface area contributed by atoms with Crippen LogP contribution in [0.3, 0.4) is 0 Å². The van der Waals surface area contributed by atoms with Crippen molar-refractivity contribution in [1.82, 2.24) is 0 Å². The van der Waals surface area contributed by atoms with Gasteiger partial charge in [-0.05, 0) is 77.4 Å². The third kappa shape index (κ3) is 5.11. The second kappa shape index (κ2) is 9.81. The lowest BCUT2D eigenvalue weighted by Gasteiger charge is -2.02. The largest absolute Gasteiger partial charge is 0.206 e. The average molecular weight is 460 g/mol. The van der Waals surface area contributed by atoms with Crippen LogP contribution in [0.2, 0.25) is 0 Å². The van der Waals surface area contributed by atoms with Crippen LogP contribution in [0.15, 0.2) is 60.7 Å². The molecule has 0 N–H and O–H groups in total. The summed E-state index contributed by atoms with van der Waals surface area (Å²) in [7, 11) is 0. The summed E-state index contributed by atoms with van der Waals surface area (Å²) in [6.07, 6.45) is 1.32. The first kappa shape index (κ1) is 23.1. The summed E-state index contributed by atoms with van der Waals surface area (Å²) in [6.45, 7) is 1.91. The number of benzene rings is 4. The first-order chi connectivity index (χ1) is 16.3. The summed E-state index contributed by atoms with van der Waals surface area (Å²) in [5, 5.41) is 0.991. The zero-order chi connectivity index (χ0) is 24.2. The van der Waals surface area contributed by atoms with Gasteiger partial charge in [-0.15, -0.1) is 0 Å². The van der Waals surface area contributed by atoms with Gasteiger partial charge < -0.3 is 0 Å². The topological polar surface area (TPSA) is 0 Å². The fourth-order valence-corrected chi connectivity index (χ4v) is 3.47. The van der Waals surface area contributed by atoms with E-state index in [1.807, 2.05) is 6.92 Å². The predicted molar refractivity (Wildman–Crippen MR) is 123 cm³/mol. The van der Waals surface area contributed by atoms with E-state index in [0.717, 1.165) is 24.6 Å². The van der Waals surface area contributed by atoms with Crippen LogP contribution in [-0.2, 0) is 6.42 Å². The van der Waals surface area contributed by atoms with Crippen LogP contribution < -0.4 is 0 Å². The number of halogens is 5. The average Bonchev–Trinajstić information content (AvgIpc) is 2.79. The third-order valence-corrected chi connectivity index (χ3v) is 5.16. The van der Waals surface area contributed by atoms with Gasteiger partial charge in [0.15, 0.2) is 11.6 Å². The zero-order valence-electron chi connectivity index (χ0n) is 18.1. The second-order valence-corrected chi connectivity index (χ2v) is 7.71. The van der Waals surface area contributed by atoms with Crippen LogP contribution in [0.4, 0.5) is 22.0 Å². The smallest absolute Gasteiger partial charge is 0.159 e. The van der Waals surface area contributed by atoms with Gasteiger partial charge in [-0.2, -0.15) is 0 Å². The maximum absolute atomic E-state index is 14.5. The Balaban J connectivity index is 1.58. The standard InChI is InChI=1S/C29H17F5/c1-2-3-20-14-26(31)24(27(32)15-20)11-7-19-5-9-21(25(30)13-19)8-4-18-6-10-22-16-28(33)29(34)17-23(22)12-18/h5-6,9-10,12-17H,2-3H2,1H3. The van der Waals surface area contributed by atoms with E-state index in [1.165, 1.54) is 24.3 Å². The molecule has 0 unspecified atom stereocenters. The molecule has 0 spiro atoms. The van der Waals surface area contributed by atoms with Crippen molar-refractivity contribution in [2.75, 3.05) is 0 Å². The molecule has 34 heavy (non-hydrogen) atoms. The molecule has 0 aliphatic heterocycles. The molecule has 0 atom stereocenters. The van der Waals surface area contributed by atoms with Crippen LogP contribution in [0.25, 0.3) is 10.8 Å². The van der Waals surface area contributed by atoms with Crippen molar-refractivity contribution in [3.63, 3.8) is 0 Å². The van der Waals surface area contributed by atoms with E-state index < -0.39 is 29.1 Å². The molecular weight excluding hydrogens is 443 g/mol. The molecule has 5 heteroatoms. The van der Waals surface area contributed by atoms with E-state index in [-0.39, 0.29) is 16.7 Å². The van der Waals surface area contributed by atoms with Crippen molar-refractivity contribution in [1.29, 1.82) is 0 Å². The summed E-state index contributed by atoms with van der Waals surface area (Å²) in [5.41, 5.74) is 1.02. The number of hydrogen-bond acceptors (Lipinski definition) is 0. The van der Waals surface area contributed by atoms with Gasteiger partial charge in [-0.1, -0.05) is 43.1 Å².